The summed E-state index contributed by atoms with van der Waals surface area (Å²) in [6.45, 7) is 10.7. The van der Waals surface area contributed by atoms with E-state index >= 15 is 0 Å². The average molecular weight is 601 g/mol. The van der Waals surface area contributed by atoms with Crippen LogP contribution in [-0.2, 0) is 0 Å². The van der Waals surface area contributed by atoms with Crippen molar-refractivity contribution in [1.82, 2.24) is 31.1 Å². The first kappa shape index (κ1) is 44.0. The third-order valence-electron chi connectivity index (χ3n) is 4.07. The van der Waals surface area contributed by atoms with Crippen LogP contribution in [0.5, 0.6) is 0 Å². The van der Waals surface area contributed by atoms with E-state index in [0.717, 1.165) is 25.9 Å². The molecule has 20 N–H and O–H groups in total. The minimum Gasteiger partial charge on any atom is -0.370 e. The second kappa shape index (κ2) is 29.0. The minimum atomic E-state index is -0.110. The number of aliphatic imine (C=N–C) groups is 4. The highest BCUT2D eigenvalue weighted by atomic mass is 15.3. The molecule has 0 radical (unpaired) electrons. The van der Waals surface area contributed by atoms with Gasteiger partial charge in [0.25, 0.3) is 0 Å². The number of guanidine groups is 8. The van der Waals surface area contributed by atoms with E-state index in [1.807, 2.05) is 27.7 Å². The molecular formula is C22H56N20. The van der Waals surface area contributed by atoms with Gasteiger partial charge < -0.3 is 45.0 Å². The Labute approximate surface area is 250 Å². The highest BCUT2D eigenvalue weighted by molar-refractivity contribution is 5.97. The Morgan fingerprint density at radius 2 is 1.05 bits per heavy atom. The van der Waals surface area contributed by atoms with E-state index in [2.05, 4.69) is 41.2 Å². The van der Waals surface area contributed by atoms with Crippen LogP contribution in [0.4, 0.5) is 0 Å². The van der Waals surface area contributed by atoms with Gasteiger partial charge >= 0.3 is 0 Å². The molecule has 0 saturated carbocycles. The van der Waals surface area contributed by atoms with Crippen molar-refractivity contribution < 1.29 is 0 Å². The summed E-state index contributed by atoms with van der Waals surface area (Å²) in [6, 6.07) is 0. The van der Waals surface area contributed by atoms with Gasteiger partial charge in [0.1, 0.15) is 0 Å². The molecule has 20 heteroatoms. The first-order valence-electron chi connectivity index (χ1n) is 13.0. The molecule has 0 atom stereocenters. The molecule has 0 amide bonds. The largest absolute Gasteiger partial charge is 0.370 e. The molecule has 42 heavy (non-hydrogen) atoms. The van der Waals surface area contributed by atoms with E-state index in [-0.39, 0.29) is 29.8 Å². The zero-order valence-electron chi connectivity index (χ0n) is 26.4. The number of nitrogens with two attached hydrogens (primary N) is 6. The van der Waals surface area contributed by atoms with E-state index in [4.69, 9.17) is 56.0 Å². The Kier molecular flexibility index (Phi) is 30.3. The number of hydrogen-bond acceptors (Lipinski definition) is 8. The lowest BCUT2D eigenvalue weighted by Crippen LogP contribution is -2.44. The topological polar surface area (TPSA) is 356 Å². The van der Waals surface area contributed by atoms with Crippen LogP contribution in [0.2, 0.25) is 0 Å². The maximum absolute atomic E-state index is 7.01. The minimum absolute atomic E-state index is 0.0950. The average Bonchev–Trinajstić information content (AvgIpc) is 2.93. The maximum atomic E-state index is 7.01. The predicted molar refractivity (Wildman–Crippen MR) is 177 cm³/mol. The first-order valence-corrected chi connectivity index (χ1v) is 13.0. The zero-order valence-corrected chi connectivity index (χ0v) is 26.4. The smallest absolute Gasteiger partial charge is 0.197 e. The van der Waals surface area contributed by atoms with Gasteiger partial charge in [0.15, 0.2) is 47.7 Å². The molecule has 0 aliphatic heterocycles. The van der Waals surface area contributed by atoms with Gasteiger partial charge in [-0.05, 0) is 26.7 Å². The van der Waals surface area contributed by atoms with E-state index < -0.39 is 0 Å². The summed E-state index contributed by atoms with van der Waals surface area (Å²) in [5.74, 6) is 1.22. The van der Waals surface area contributed by atoms with Crippen LogP contribution in [-0.4, -0.2) is 112 Å². The molecule has 0 bridgehead atoms. The van der Waals surface area contributed by atoms with E-state index in [1.54, 1.807) is 28.2 Å². The van der Waals surface area contributed by atoms with Crippen molar-refractivity contribution in [1.29, 1.82) is 21.6 Å². The standard InChI is InChI=1S/2C6H15N5.2C5H13N5/c1-3-4-10-6(9)11(2)5(7)8;1-3-4-10-6(9-2)11-5(7)8;1-3-9-5(8)10(2)4(6)7;1-3-9-5(8-2)10-4(6)7/h3-4H2,1-2H3,(H3,7,8)(H2,9,10);3-4H2,1-2H3,(H5,7,8,9,10,11);3H2,1-2H3,(H3,6,7)(H2,8,9);3H2,1-2H3,(H5,6,7,8,9,10). The molecule has 0 spiro atoms. The molecule has 20 nitrogen and oxygen atoms in total. The summed E-state index contributed by atoms with van der Waals surface area (Å²) >= 11 is 0. The summed E-state index contributed by atoms with van der Waals surface area (Å²) in [6.07, 6.45) is 1.95. The van der Waals surface area contributed by atoms with Crippen LogP contribution in [0, 0.1) is 21.6 Å². The lowest BCUT2D eigenvalue weighted by Gasteiger charge is -2.14. The van der Waals surface area contributed by atoms with Crippen LogP contribution in [0.1, 0.15) is 40.5 Å². The Balaban J connectivity index is -0.000000229. The molecule has 0 fully saturated rings. The summed E-state index contributed by atoms with van der Waals surface area (Å²) in [7, 11) is 6.45. The molecule has 0 aliphatic carbocycles. The molecule has 0 aromatic carbocycles. The number of rotatable bonds is 6. The van der Waals surface area contributed by atoms with Crippen LogP contribution < -0.4 is 55.7 Å². The zero-order chi connectivity index (χ0) is 33.7. The van der Waals surface area contributed by atoms with Crippen molar-refractivity contribution in [3.8, 4) is 0 Å². The van der Waals surface area contributed by atoms with Gasteiger partial charge in [-0.15, -0.1) is 0 Å². The third-order valence-corrected chi connectivity index (χ3v) is 4.07. The summed E-state index contributed by atoms with van der Waals surface area (Å²) < 4.78 is 0. The Morgan fingerprint density at radius 3 is 1.33 bits per heavy atom. The Hall–Kier alpha value is -5.04. The predicted octanol–water partition coefficient (Wildman–Crippen LogP) is -2.80. The summed E-state index contributed by atoms with van der Waals surface area (Å²) in [4.78, 5) is 18.1. The maximum Gasteiger partial charge on any atom is 0.197 e. The molecule has 0 aliphatic rings. The molecule has 0 saturated heterocycles. The Bertz CT molecular complexity index is 890. The van der Waals surface area contributed by atoms with Gasteiger partial charge in [-0.25, -0.2) is 0 Å². The normalized spacial score (nSPS) is 11.0. The molecule has 0 aromatic heterocycles. The molecule has 0 rings (SSSR count). The molecular weight excluding hydrogens is 544 g/mol. The highest BCUT2D eigenvalue weighted by Gasteiger charge is 2.02. The number of nitrogens with zero attached hydrogens (tertiary/aromatic N) is 6. The molecule has 0 aromatic rings. The highest BCUT2D eigenvalue weighted by Crippen LogP contribution is 1.83. The van der Waals surface area contributed by atoms with Crippen molar-refractivity contribution in [3.05, 3.63) is 0 Å². The lowest BCUT2D eigenvalue weighted by molar-refractivity contribution is 0.712. The number of hydrogen-bond donors (Lipinski definition) is 14. The molecule has 244 valence electrons. The van der Waals surface area contributed by atoms with Gasteiger partial charge in [-0.3, -0.25) is 62.0 Å². The van der Waals surface area contributed by atoms with Gasteiger partial charge in [-0.1, -0.05) is 13.8 Å². The van der Waals surface area contributed by atoms with E-state index in [1.165, 1.54) is 9.80 Å². The first-order chi connectivity index (χ1) is 19.6. The van der Waals surface area contributed by atoms with Crippen molar-refractivity contribution in [2.45, 2.75) is 40.5 Å². The summed E-state index contributed by atoms with van der Waals surface area (Å²) in [5.41, 5.74) is 31.3. The fourth-order valence-electron chi connectivity index (χ4n) is 1.87. The van der Waals surface area contributed by atoms with Crippen molar-refractivity contribution >= 4 is 47.7 Å². The van der Waals surface area contributed by atoms with Crippen LogP contribution >= 0.6 is 0 Å². The van der Waals surface area contributed by atoms with Gasteiger partial charge in [0, 0.05) is 54.4 Å². The van der Waals surface area contributed by atoms with Crippen LogP contribution in [0.25, 0.3) is 0 Å². The lowest BCUT2D eigenvalue weighted by atomic mass is 10.5. The SMILES string of the molecule is CCCN=C(N)N(C)C(=N)N.CCCNC(=NC)NC(=N)N.CCN=C(N)N(C)C(=N)N.CCNC(=NC)NC(=N)N. The van der Waals surface area contributed by atoms with Gasteiger partial charge in [0.2, 0.25) is 0 Å². The monoisotopic (exact) mass is 600 g/mol. The van der Waals surface area contributed by atoms with E-state index in [9.17, 15) is 0 Å². The van der Waals surface area contributed by atoms with Crippen molar-refractivity contribution in [3.63, 3.8) is 0 Å². The fourth-order valence-corrected chi connectivity index (χ4v) is 1.87. The van der Waals surface area contributed by atoms with Crippen molar-refractivity contribution in [2.24, 2.45) is 54.4 Å². The molecule has 0 unspecified atom stereocenters. The van der Waals surface area contributed by atoms with E-state index in [0.29, 0.717) is 31.0 Å². The number of nitrogens with one attached hydrogen (secondary N) is 8. The summed E-state index contributed by atoms with van der Waals surface area (Å²) in [5, 5.41) is 38.7. The van der Waals surface area contributed by atoms with Gasteiger partial charge in [-0.2, -0.15) is 0 Å². The van der Waals surface area contributed by atoms with Crippen LogP contribution in [0.15, 0.2) is 20.0 Å². The Morgan fingerprint density at radius 1 is 0.643 bits per heavy atom. The fraction of sp³-hybridized carbons (Fsp3) is 0.636. The van der Waals surface area contributed by atoms with Crippen LogP contribution in [0.3, 0.4) is 0 Å². The van der Waals surface area contributed by atoms with Gasteiger partial charge in [0.05, 0.1) is 0 Å². The second-order valence-corrected chi connectivity index (χ2v) is 7.64. The molecule has 0 heterocycles. The quantitative estimate of drug-likeness (QED) is 0.108. The third kappa shape index (κ3) is 29.5. The van der Waals surface area contributed by atoms with Crippen molar-refractivity contribution in [2.75, 3.05) is 54.4 Å². The second-order valence-electron chi connectivity index (χ2n) is 7.64.